The van der Waals surface area contributed by atoms with Gasteiger partial charge >= 0.3 is 0 Å². The summed E-state index contributed by atoms with van der Waals surface area (Å²) in [5.74, 6) is -0.223. The number of carbonyl (C=O) groups excluding carboxylic acids is 2. The first-order valence-corrected chi connectivity index (χ1v) is 7.38. The van der Waals surface area contributed by atoms with Gasteiger partial charge in [-0.15, -0.1) is 0 Å². The Bertz CT molecular complexity index is 553. The molecule has 1 heterocycles. The smallest absolute Gasteiger partial charge is 0.254 e. The van der Waals surface area contributed by atoms with Crippen LogP contribution in [0.25, 0.3) is 0 Å². The SMILES string of the molecule is O=C1CC2(CCCCC2)C(=O)N1Nc1cccc(Cl)c1. The van der Waals surface area contributed by atoms with E-state index in [1.165, 1.54) is 5.01 Å². The van der Waals surface area contributed by atoms with E-state index in [0.717, 1.165) is 32.1 Å². The fraction of sp³-hybridized carbons (Fsp3) is 0.467. The maximum Gasteiger partial charge on any atom is 0.254 e. The third-order valence-electron chi connectivity index (χ3n) is 4.27. The van der Waals surface area contributed by atoms with E-state index in [4.69, 9.17) is 11.6 Å². The van der Waals surface area contributed by atoms with Crippen LogP contribution in [-0.2, 0) is 9.59 Å². The Hall–Kier alpha value is -1.55. The van der Waals surface area contributed by atoms with Gasteiger partial charge in [0.25, 0.3) is 5.91 Å². The maximum atomic E-state index is 12.6. The number of rotatable bonds is 2. The van der Waals surface area contributed by atoms with Crippen molar-refractivity contribution in [2.24, 2.45) is 5.41 Å². The van der Waals surface area contributed by atoms with Crippen molar-refractivity contribution in [3.8, 4) is 0 Å². The molecule has 1 aliphatic carbocycles. The number of carbonyl (C=O) groups is 2. The van der Waals surface area contributed by atoms with Gasteiger partial charge in [-0.2, -0.15) is 5.01 Å². The van der Waals surface area contributed by atoms with Crippen LogP contribution in [0.4, 0.5) is 5.69 Å². The molecule has 0 atom stereocenters. The Morgan fingerprint density at radius 2 is 1.90 bits per heavy atom. The van der Waals surface area contributed by atoms with Crippen molar-refractivity contribution >= 4 is 29.1 Å². The van der Waals surface area contributed by atoms with Crippen LogP contribution in [0.1, 0.15) is 38.5 Å². The second-order valence-corrected chi connectivity index (χ2v) is 6.11. The molecule has 1 aromatic rings. The average Bonchev–Trinajstić information content (AvgIpc) is 2.64. The number of hydrogen-bond acceptors (Lipinski definition) is 3. The minimum absolute atomic E-state index is 0.0813. The van der Waals surface area contributed by atoms with E-state index in [-0.39, 0.29) is 11.8 Å². The van der Waals surface area contributed by atoms with Gasteiger partial charge in [0.05, 0.1) is 11.1 Å². The summed E-state index contributed by atoms with van der Waals surface area (Å²) in [7, 11) is 0. The van der Waals surface area contributed by atoms with Crippen LogP contribution in [0.3, 0.4) is 0 Å². The molecular formula is C15H17ClN2O2. The molecule has 4 nitrogen and oxygen atoms in total. The summed E-state index contributed by atoms with van der Waals surface area (Å²) in [5, 5.41) is 1.75. The van der Waals surface area contributed by atoms with Crippen LogP contribution in [0.5, 0.6) is 0 Å². The Balaban J connectivity index is 1.80. The second kappa shape index (κ2) is 5.09. The van der Waals surface area contributed by atoms with E-state index in [1.54, 1.807) is 24.3 Å². The van der Waals surface area contributed by atoms with E-state index in [0.29, 0.717) is 17.1 Å². The van der Waals surface area contributed by atoms with Gasteiger partial charge in [0.1, 0.15) is 0 Å². The van der Waals surface area contributed by atoms with Crippen LogP contribution < -0.4 is 5.43 Å². The normalized spacial score (nSPS) is 21.6. The van der Waals surface area contributed by atoms with Crippen molar-refractivity contribution < 1.29 is 9.59 Å². The Labute approximate surface area is 123 Å². The monoisotopic (exact) mass is 292 g/mol. The van der Waals surface area contributed by atoms with Crippen molar-refractivity contribution in [2.45, 2.75) is 38.5 Å². The van der Waals surface area contributed by atoms with Crippen molar-refractivity contribution in [2.75, 3.05) is 5.43 Å². The van der Waals surface area contributed by atoms with Crippen LogP contribution in [0, 0.1) is 5.41 Å². The first kappa shape index (κ1) is 13.4. The zero-order chi connectivity index (χ0) is 14.2. The summed E-state index contributed by atoms with van der Waals surface area (Å²) >= 11 is 5.92. The van der Waals surface area contributed by atoms with Crippen LogP contribution in [0.2, 0.25) is 5.02 Å². The highest BCUT2D eigenvalue weighted by atomic mass is 35.5. The molecule has 3 rings (SSSR count). The zero-order valence-electron chi connectivity index (χ0n) is 11.2. The van der Waals surface area contributed by atoms with Gasteiger partial charge < -0.3 is 0 Å². The summed E-state index contributed by atoms with van der Waals surface area (Å²) in [6.07, 6.45) is 5.20. The summed E-state index contributed by atoms with van der Waals surface area (Å²) in [6.45, 7) is 0. The summed E-state index contributed by atoms with van der Waals surface area (Å²) < 4.78 is 0. The van der Waals surface area contributed by atoms with Crippen molar-refractivity contribution in [3.63, 3.8) is 0 Å². The predicted octanol–water partition coefficient (Wildman–Crippen LogP) is 3.38. The van der Waals surface area contributed by atoms with Gasteiger partial charge in [0.15, 0.2) is 0 Å². The van der Waals surface area contributed by atoms with Gasteiger partial charge in [-0.25, -0.2) is 0 Å². The van der Waals surface area contributed by atoms with E-state index in [9.17, 15) is 9.59 Å². The highest BCUT2D eigenvalue weighted by Crippen LogP contribution is 2.45. The molecular weight excluding hydrogens is 276 g/mol. The summed E-state index contributed by atoms with van der Waals surface area (Å²) in [6, 6.07) is 7.03. The first-order valence-electron chi connectivity index (χ1n) is 7.00. The van der Waals surface area contributed by atoms with Crippen molar-refractivity contribution in [1.29, 1.82) is 0 Å². The molecule has 1 aliphatic heterocycles. The number of imide groups is 1. The van der Waals surface area contributed by atoms with Crippen LogP contribution >= 0.6 is 11.6 Å². The highest BCUT2D eigenvalue weighted by Gasteiger charge is 2.51. The lowest BCUT2D eigenvalue weighted by molar-refractivity contribution is -0.140. The maximum absolute atomic E-state index is 12.6. The molecule has 2 aliphatic rings. The van der Waals surface area contributed by atoms with Crippen molar-refractivity contribution in [1.82, 2.24) is 5.01 Å². The zero-order valence-corrected chi connectivity index (χ0v) is 11.9. The van der Waals surface area contributed by atoms with Crippen LogP contribution in [0.15, 0.2) is 24.3 Å². The molecule has 0 aromatic heterocycles. The van der Waals surface area contributed by atoms with E-state index in [1.807, 2.05) is 0 Å². The number of benzene rings is 1. The fourth-order valence-corrected chi connectivity index (χ4v) is 3.40. The third kappa shape index (κ3) is 2.29. The van der Waals surface area contributed by atoms with E-state index in [2.05, 4.69) is 5.43 Å². The number of hydrazine groups is 1. The van der Waals surface area contributed by atoms with Gasteiger partial charge in [-0.05, 0) is 31.0 Å². The Morgan fingerprint density at radius 3 is 2.60 bits per heavy atom. The molecule has 0 radical (unpaired) electrons. The van der Waals surface area contributed by atoms with Gasteiger partial charge in [0, 0.05) is 11.4 Å². The predicted molar refractivity (Wildman–Crippen MR) is 77.1 cm³/mol. The van der Waals surface area contributed by atoms with Gasteiger partial charge in [-0.1, -0.05) is 36.9 Å². The van der Waals surface area contributed by atoms with Gasteiger partial charge in [0.2, 0.25) is 5.91 Å². The molecule has 2 amide bonds. The number of halogens is 1. The number of nitrogens with zero attached hydrogens (tertiary/aromatic N) is 1. The number of hydrogen-bond donors (Lipinski definition) is 1. The minimum Gasteiger partial charge on any atom is -0.289 e. The molecule has 1 spiro atoms. The molecule has 20 heavy (non-hydrogen) atoms. The highest BCUT2D eigenvalue weighted by molar-refractivity contribution is 6.30. The topological polar surface area (TPSA) is 49.4 Å². The van der Waals surface area contributed by atoms with Gasteiger partial charge in [-0.3, -0.25) is 15.0 Å². The van der Waals surface area contributed by atoms with Crippen LogP contribution in [-0.4, -0.2) is 16.8 Å². The molecule has 1 saturated heterocycles. The molecule has 106 valence electrons. The number of anilines is 1. The number of amides is 2. The summed E-state index contributed by atoms with van der Waals surface area (Å²) in [4.78, 5) is 24.7. The lowest BCUT2D eigenvalue weighted by Crippen LogP contribution is -2.40. The lowest BCUT2D eigenvalue weighted by atomic mass is 9.73. The lowest BCUT2D eigenvalue weighted by Gasteiger charge is -2.30. The first-order chi connectivity index (χ1) is 9.61. The Morgan fingerprint density at radius 1 is 1.15 bits per heavy atom. The molecule has 1 N–H and O–H groups in total. The van der Waals surface area contributed by atoms with E-state index >= 15 is 0 Å². The Kier molecular flexibility index (Phi) is 3.42. The van der Waals surface area contributed by atoms with Crippen molar-refractivity contribution in [3.05, 3.63) is 29.3 Å². The second-order valence-electron chi connectivity index (χ2n) is 5.67. The van der Waals surface area contributed by atoms with E-state index < -0.39 is 5.41 Å². The largest absolute Gasteiger partial charge is 0.289 e. The summed E-state index contributed by atoms with van der Waals surface area (Å²) in [5.41, 5.74) is 3.10. The quantitative estimate of drug-likeness (QED) is 0.850. The average molecular weight is 293 g/mol. The standard InChI is InChI=1S/C15H17ClN2O2/c16-11-5-4-6-12(9-11)17-18-13(19)10-15(14(18)20)7-2-1-3-8-15/h4-6,9,17H,1-3,7-8,10H2. The molecule has 0 unspecified atom stereocenters. The molecule has 5 heteroatoms. The molecule has 2 fully saturated rings. The minimum atomic E-state index is -0.457. The fourth-order valence-electron chi connectivity index (χ4n) is 3.21. The molecule has 1 aromatic carbocycles. The third-order valence-corrected chi connectivity index (χ3v) is 4.51. The molecule has 1 saturated carbocycles. The number of nitrogens with one attached hydrogen (secondary N) is 1. The molecule has 0 bridgehead atoms.